The van der Waals surface area contributed by atoms with Crippen molar-refractivity contribution in [2.24, 2.45) is 0 Å². The lowest BCUT2D eigenvalue weighted by Gasteiger charge is -2.14. The second kappa shape index (κ2) is 4.86. The highest BCUT2D eigenvalue weighted by Gasteiger charge is 2.24. The van der Waals surface area contributed by atoms with Gasteiger partial charge >= 0.3 is 0 Å². The number of hydrogen-bond acceptors (Lipinski definition) is 4. The van der Waals surface area contributed by atoms with Crippen LogP contribution >= 0.6 is 0 Å². The fourth-order valence-corrected chi connectivity index (χ4v) is 4.00. The van der Waals surface area contributed by atoms with E-state index in [-0.39, 0.29) is 11.4 Å². The zero-order valence-corrected chi connectivity index (χ0v) is 13.3. The van der Waals surface area contributed by atoms with Crippen molar-refractivity contribution in [3.63, 3.8) is 0 Å². The van der Waals surface area contributed by atoms with Crippen molar-refractivity contribution in [3.8, 4) is 0 Å². The summed E-state index contributed by atoms with van der Waals surface area (Å²) in [6.07, 6.45) is 0. The van der Waals surface area contributed by atoms with E-state index >= 15 is 0 Å². The van der Waals surface area contributed by atoms with Gasteiger partial charge < -0.3 is 0 Å². The number of benzene rings is 5. The third kappa shape index (κ3) is 1.70. The Hall–Kier alpha value is -3.80. The molecule has 0 amide bonds. The number of hydrogen-bond donors (Lipinski definition) is 0. The molecule has 0 heterocycles. The van der Waals surface area contributed by atoms with Crippen LogP contribution in [0.4, 0.5) is 11.4 Å². The summed E-state index contributed by atoms with van der Waals surface area (Å²) in [6.45, 7) is 0. The number of fused-ring (bicyclic) bond motifs is 2. The molecule has 0 radical (unpaired) electrons. The lowest BCUT2D eigenvalue weighted by atomic mass is 9.88. The highest BCUT2D eigenvalue weighted by Crippen LogP contribution is 2.45. The Balaban J connectivity index is 2.23. The molecule has 0 spiro atoms. The number of nitrogens with zero attached hydrogens (tertiary/aromatic N) is 2. The number of nitro groups is 2. The molecule has 0 aliphatic rings. The number of nitro benzene ring substituents is 2. The first-order valence-electron chi connectivity index (χ1n) is 7.99. The van der Waals surface area contributed by atoms with Gasteiger partial charge in [-0.3, -0.25) is 20.2 Å². The molecule has 6 heteroatoms. The summed E-state index contributed by atoms with van der Waals surface area (Å²) < 4.78 is 0. The standard InChI is InChI=1S/C20H10N2O4/c23-21(24)16-9-7-13-12-5-1-3-11-4-2-6-15(18(11)12)20-17(22(25)26)10-8-14(16)19(13)20/h1-10H. The third-order valence-electron chi connectivity index (χ3n) is 4.99. The van der Waals surface area contributed by atoms with E-state index in [1.807, 2.05) is 36.4 Å². The van der Waals surface area contributed by atoms with E-state index in [9.17, 15) is 20.2 Å². The minimum atomic E-state index is -0.449. The molecule has 0 saturated carbocycles. The molecule has 0 saturated heterocycles. The predicted molar refractivity (Wildman–Crippen MR) is 101 cm³/mol. The largest absolute Gasteiger partial charge is 0.277 e. The van der Waals surface area contributed by atoms with Gasteiger partial charge in [0.2, 0.25) is 0 Å². The molecular formula is C20H10N2O4. The fourth-order valence-electron chi connectivity index (χ4n) is 4.00. The lowest BCUT2D eigenvalue weighted by molar-refractivity contribution is -0.383. The van der Waals surface area contributed by atoms with Gasteiger partial charge in [0, 0.05) is 17.5 Å². The highest BCUT2D eigenvalue weighted by atomic mass is 16.6. The summed E-state index contributed by atoms with van der Waals surface area (Å²) in [4.78, 5) is 22.3. The molecule has 5 aromatic carbocycles. The third-order valence-corrected chi connectivity index (χ3v) is 4.99. The van der Waals surface area contributed by atoms with Crippen LogP contribution < -0.4 is 0 Å². The Morgan fingerprint density at radius 3 is 1.81 bits per heavy atom. The Kier molecular flexibility index (Phi) is 2.72. The van der Waals surface area contributed by atoms with Crippen molar-refractivity contribution >= 4 is 54.5 Å². The predicted octanol–water partition coefficient (Wildman–Crippen LogP) is 5.55. The molecule has 0 atom stereocenters. The van der Waals surface area contributed by atoms with Gasteiger partial charge in [-0.05, 0) is 39.1 Å². The van der Waals surface area contributed by atoms with Crippen molar-refractivity contribution < 1.29 is 9.85 Å². The SMILES string of the molecule is O=[N+]([O-])c1ccc2c3cccc4cccc(c5c([N+](=O)[O-])ccc1c25)c43. The monoisotopic (exact) mass is 342 g/mol. The summed E-state index contributed by atoms with van der Waals surface area (Å²) in [5, 5.41) is 29.0. The molecule has 124 valence electrons. The topological polar surface area (TPSA) is 86.3 Å². The fraction of sp³-hybridized carbons (Fsp3) is 0. The highest BCUT2D eigenvalue weighted by molar-refractivity contribution is 6.35. The first-order valence-corrected chi connectivity index (χ1v) is 7.99. The summed E-state index contributed by atoms with van der Waals surface area (Å²) in [5.41, 5.74) is -0.0901. The van der Waals surface area contributed by atoms with Crippen LogP contribution in [-0.4, -0.2) is 9.85 Å². The van der Waals surface area contributed by atoms with Crippen LogP contribution in [0.15, 0.2) is 60.7 Å². The van der Waals surface area contributed by atoms with E-state index in [0.717, 1.165) is 26.9 Å². The van der Waals surface area contributed by atoms with Gasteiger partial charge in [0.15, 0.2) is 0 Å². The van der Waals surface area contributed by atoms with E-state index in [1.54, 1.807) is 6.07 Å². The van der Waals surface area contributed by atoms with Crippen molar-refractivity contribution in [1.82, 2.24) is 0 Å². The van der Waals surface area contributed by atoms with Gasteiger partial charge in [0.05, 0.1) is 20.6 Å². The van der Waals surface area contributed by atoms with Crippen LogP contribution in [-0.2, 0) is 0 Å². The zero-order chi connectivity index (χ0) is 18.0. The summed E-state index contributed by atoms with van der Waals surface area (Å²) in [7, 11) is 0. The van der Waals surface area contributed by atoms with E-state index in [0.29, 0.717) is 16.2 Å². The van der Waals surface area contributed by atoms with Gasteiger partial charge in [-0.2, -0.15) is 0 Å². The van der Waals surface area contributed by atoms with Gasteiger partial charge in [0.25, 0.3) is 11.4 Å². The maximum atomic E-state index is 11.7. The molecule has 0 aromatic heterocycles. The first-order chi connectivity index (χ1) is 12.6. The average Bonchev–Trinajstić information content (AvgIpc) is 2.64. The van der Waals surface area contributed by atoms with Crippen molar-refractivity contribution in [1.29, 1.82) is 0 Å². The molecular weight excluding hydrogens is 332 g/mol. The van der Waals surface area contributed by atoms with Crippen LogP contribution in [0.1, 0.15) is 0 Å². The van der Waals surface area contributed by atoms with Crippen LogP contribution in [0.3, 0.4) is 0 Å². The molecule has 0 unspecified atom stereocenters. The smallest absolute Gasteiger partial charge is 0.258 e. The first kappa shape index (κ1) is 14.5. The van der Waals surface area contributed by atoms with Crippen molar-refractivity contribution in [2.45, 2.75) is 0 Å². The van der Waals surface area contributed by atoms with Crippen molar-refractivity contribution in [3.05, 3.63) is 80.9 Å². The minimum absolute atomic E-state index is 0.0405. The molecule has 0 aliphatic heterocycles. The molecule has 5 aromatic rings. The average molecular weight is 342 g/mol. The molecule has 0 aliphatic carbocycles. The quantitative estimate of drug-likeness (QED) is 0.182. The molecule has 0 fully saturated rings. The van der Waals surface area contributed by atoms with Gasteiger partial charge in [0.1, 0.15) is 0 Å². The maximum absolute atomic E-state index is 11.7. The summed E-state index contributed by atoms with van der Waals surface area (Å²) in [5.74, 6) is 0. The second-order valence-electron chi connectivity index (χ2n) is 6.24. The number of rotatable bonds is 2. The van der Waals surface area contributed by atoms with Gasteiger partial charge in [-0.25, -0.2) is 0 Å². The van der Waals surface area contributed by atoms with E-state index < -0.39 is 9.85 Å². The Morgan fingerprint density at radius 2 is 1.12 bits per heavy atom. The van der Waals surface area contributed by atoms with E-state index in [4.69, 9.17) is 0 Å². The zero-order valence-electron chi connectivity index (χ0n) is 13.3. The van der Waals surface area contributed by atoms with Gasteiger partial charge in [-0.1, -0.05) is 36.4 Å². The Labute approximate surface area is 145 Å². The Bertz CT molecular complexity index is 1390. The van der Waals surface area contributed by atoms with Crippen LogP contribution in [0.25, 0.3) is 43.1 Å². The lowest BCUT2D eigenvalue weighted by Crippen LogP contribution is -1.96. The molecule has 5 rings (SSSR count). The maximum Gasteiger partial charge on any atom is 0.277 e. The second-order valence-corrected chi connectivity index (χ2v) is 6.24. The Morgan fingerprint density at radius 1 is 0.538 bits per heavy atom. The summed E-state index contributed by atoms with van der Waals surface area (Å²) in [6, 6.07) is 17.5. The van der Waals surface area contributed by atoms with Crippen LogP contribution in [0.2, 0.25) is 0 Å². The molecule has 26 heavy (non-hydrogen) atoms. The normalized spacial score (nSPS) is 11.7. The molecule has 0 bridgehead atoms. The summed E-state index contributed by atoms with van der Waals surface area (Å²) >= 11 is 0. The van der Waals surface area contributed by atoms with E-state index in [2.05, 4.69) is 0 Å². The minimum Gasteiger partial charge on any atom is -0.258 e. The van der Waals surface area contributed by atoms with E-state index in [1.165, 1.54) is 18.2 Å². The molecule has 6 nitrogen and oxygen atoms in total. The molecule has 0 N–H and O–H groups in total. The van der Waals surface area contributed by atoms with Crippen LogP contribution in [0.5, 0.6) is 0 Å². The van der Waals surface area contributed by atoms with Crippen LogP contribution in [0, 0.1) is 20.2 Å². The number of non-ortho nitro benzene ring substituents is 2. The van der Waals surface area contributed by atoms with Gasteiger partial charge in [-0.15, -0.1) is 0 Å². The van der Waals surface area contributed by atoms with Crippen molar-refractivity contribution in [2.75, 3.05) is 0 Å².